The molecule has 0 bridgehead atoms. The van der Waals surface area contributed by atoms with E-state index < -0.39 is 16.9 Å². The van der Waals surface area contributed by atoms with Crippen LogP contribution in [0.1, 0.15) is 27.7 Å². The average molecular weight is 473 g/mol. The summed E-state index contributed by atoms with van der Waals surface area (Å²) in [6.07, 6.45) is 1.79. The average Bonchev–Trinajstić information content (AvgIpc) is 3.34. The van der Waals surface area contributed by atoms with Crippen molar-refractivity contribution in [2.45, 2.75) is 12.7 Å². The summed E-state index contributed by atoms with van der Waals surface area (Å²) >= 11 is 0. The molecule has 5 rings (SSSR count). The fourth-order valence-electron chi connectivity index (χ4n) is 4.18. The lowest BCUT2D eigenvalue weighted by Crippen LogP contribution is -2.43. The van der Waals surface area contributed by atoms with Crippen molar-refractivity contribution in [3.8, 4) is 5.75 Å². The number of halogens is 1. The van der Waals surface area contributed by atoms with Crippen LogP contribution in [0.15, 0.2) is 79.1 Å². The van der Waals surface area contributed by atoms with Gasteiger partial charge in [-0.05, 0) is 42.0 Å². The molecule has 0 unspecified atom stereocenters. The lowest BCUT2D eigenvalue weighted by molar-refractivity contribution is -0.385. The van der Waals surface area contributed by atoms with Crippen molar-refractivity contribution in [3.63, 3.8) is 0 Å². The minimum Gasteiger partial charge on any atom is -0.496 e. The maximum absolute atomic E-state index is 14.9. The molecule has 1 amide bonds. The molecule has 0 radical (unpaired) electrons. The summed E-state index contributed by atoms with van der Waals surface area (Å²) in [5.41, 5.74) is 2.45. The second-order valence-electron chi connectivity index (χ2n) is 7.94. The molecule has 1 atom stereocenters. The van der Waals surface area contributed by atoms with Gasteiger partial charge in [-0.2, -0.15) is 5.10 Å². The van der Waals surface area contributed by atoms with Crippen molar-refractivity contribution in [2.24, 2.45) is 0 Å². The van der Waals surface area contributed by atoms with Crippen LogP contribution in [0.3, 0.4) is 0 Å². The minimum absolute atomic E-state index is 0.123. The summed E-state index contributed by atoms with van der Waals surface area (Å²) in [7, 11) is 1.52. The molecule has 0 saturated carbocycles. The van der Waals surface area contributed by atoms with Gasteiger partial charge < -0.3 is 10.1 Å². The smallest absolute Gasteiger partial charge is 0.307 e. The van der Waals surface area contributed by atoms with E-state index in [0.717, 1.165) is 0 Å². The fraction of sp³-hybridized carbons (Fsp3) is 0.120. The van der Waals surface area contributed by atoms with Crippen molar-refractivity contribution in [2.75, 3.05) is 17.3 Å². The van der Waals surface area contributed by atoms with Gasteiger partial charge in [-0.3, -0.25) is 24.5 Å². The topological polar surface area (TPSA) is 103 Å². The molecular weight excluding hydrogens is 453 g/mol. The van der Waals surface area contributed by atoms with Gasteiger partial charge in [0.25, 0.3) is 5.91 Å². The van der Waals surface area contributed by atoms with Gasteiger partial charge in [-0.25, -0.2) is 4.39 Å². The van der Waals surface area contributed by atoms with Crippen molar-refractivity contribution < 1.29 is 18.8 Å². The number of amides is 1. The monoisotopic (exact) mass is 473 g/mol. The van der Waals surface area contributed by atoms with E-state index in [1.165, 1.54) is 35.2 Å². The van der Waals surface area contributed by atoms with Crippen LogP contribution in [0.25, 0.3) is 0 Å². The summed E-state index contributed by atoms with van der Waals surface area (Å²) in [4.78, 5) is 25.4. The number of carbonyl (C=O) groups excluding carboxylic acids is 1. The second kappa shape index (κ2) is 8.90. The largest absolute Gasteiger partial charge is 0.496 e. The van der Waals surface area contributed by atoms with E-state index in [0.29, 0.717) is 28.1 Å². The third-order valence-electron chi connectivity index (χ3n) is 5.82. The lowest BCUT2D eigenvalue weighted by Gasteiger charge is -2.38. The minimum atomic E-state index is -0.717. The molecule has 4 aromatic rings. The Balaban J connectivity index is 1.59. The van der Waals surface area contributed by atoms with E-state index in [1.807, 2.05) is 12.1 Å². The van der Waals surface area contributed by atoms with Crippen molar-refractivity contribution in [3.05, 3.63) is 112 Å². The van der Waals surface area contributed by atoms with Crippen molar-refractivity contribution in [1.82, 2.24) is 9.78 Å². The van der Waals surface area contributed by atoms with Gasteiger partial charge in [-0.1, -0.05) is 30.3 Å². The molecule has 0 fully saturated rings. The van der Waals surface area contributed by atoms with Gasteiger partial charge in [0.15, 0.2) is 0 Å². The number of anilines is 2. The summed E-state index contributed by atoms with van der Waals surface area (Å²) in [6.45, 7) is 0.196. The molecule has 0 aliphatic carbocycles. The van der Waals surface area contributed by atoms with Crippen molar-refractivity contribution >= 4 is 23.0 Å². The maximum atomic E-state index is 14.9. The highest BCUT2D eigenvalue weighted by Gasteiger charge is 2.35. The zero-order valence-corrected chi connectivity index (χ0v) is 18.6. The SMILES string of the molecule is COc1ccc([C@@H]2Nc3ccccc3C(=O)N2c2ccccc2F)cc1Cn1cc([N+](=O)[O-])cn1. The fourth-order valence-corrected chi connectivity index (χ4v) is 4.18. The zero-order chi connectivity index (χ0) is 24.5. The summed E-state index contributed by atoms with van der Waals surface area (Å²) < 4.78 is 21.8. The Morgan fingerprint density at radius 3 is 2.66 bits per heavy atom. The molecule has 3 aromatic carbocycles. The molecule has 9 nitrogen and oxygen atoms in total. The third kappa shape index (κ3) is 4.05. The number of nitrogens with zero attached hydrogens (tertiary/aromatic N) is 4. The third-order valence-corrected chi connectivity index (χ3v) is 5.82. The molecule has 1 aromatic heterocycles. The van der Waals surface area contributed by atoms with E-state index in [2.05, 4.69) is 10.4 Å². The summed E-state index contributed by atoms with van der Waals surface area (Å²) in [5, 5.41) is 18.4. The standard InChI is InChI=1S/C25H20FN5O4/c1-35-23-11-10-16(12-17(23)14-29-15-18(13-27-29)31(33)34)24-28-21-8-4-2-6-19(21)25(32)30(24)22-9-5-3-7-20(22)26/h2-13,15,24,28H,14H2,1H3/t24-/m1/s1. The maximum Gasteiger partial charge on any atom is 0.307 e. The lowest BCUT2D eigenvalue weighted by atomic mass is 10.0. The highest BCUT2D eigenvalue weighted by atomic mass is 19.1. The van der Waals surface area contributed by atoms with Crippen LogP contribution >= 0.6 is 0 Å². The van der Waals surface area contributed by atoms with Gasteiger partial charge in [0, 0.05) is 11.3 Å². The summed E-state index contributed by atoms with van der Waals surface area (Å²) in [5.74, 6) is -0.314. The van der Waals surface area contributed by atoms with Gasteiger partial charge in [0.05, 0.1) is 29.8 Å². The number of methoxy groups -OCH3 is 1. The first-order valence-electron chi connectivity index (χ1n) is 10.7. The van der Waals surface area contributed by atoms with Crippen LogP contribution in [-0.4, -0.2) is 27.7 Å². The number of fused-ring (bicyclic) bond motifs is 1. The number of benzene rings is 3. The molecule has 1 aliphatic rings. The Bertz CT molecular complexity index is 1440. The normalized spacial score (nSPS) is 14.9. The van der Waals surface area contributed by atoms with Gasteiger partial charge >= 0.3 is 5.69 Å². The summed E-state index contributed by atoms with van der Waals surface area (Å²) in [6, 6.07) is 18.5. The molecule has 0 saturated heterocycles. The number of carbonyl (C=O) groups is 1. The number of para-hydroxylation sites is 2. The molecule has 2 heterocycles. The van der Waals surface area contributed by atoms with E-state index in [-0.39, 0.29) is 23.8 Å². The molecule has 1 N–H and O–H groups in total. The number of ether oxygens (including phenoxy) is 1. The Labute approximate surface area is 199 Å². The number of hydrogen-bond acceptors (Lipinski definition) is 6. The van der Waals surface area contributed by atoms with E-state index >= 15 is 0 Å². The predicted octanol–water partition coefficient (Wildman–Crippen LogP) is 4.76. The molecule has 35 heavy (non-hydrogen) atoms. The van der Waals surface area contributed by atoms with Crippen LogP contribution in [0.4, 0.5) is 21.5 Å². The molecule has 176 valence electrons. The predicted molar refractivity (Wildman–Crippen MR) is 127 cm³/mol. The first-order valence-corrected chi connectivity index (χ1v) is 10.7. The first kappa shape index (κ1) is 22.1. The number of nitrogens with one attached hydrogen (secondary N) is 1. The Morgan fingerprint density at radius 2 is 1.91 bits per heavy atom. The highest BCUT2D eigenvalue weighted by molar-refractivity contribution is 6.12. The first-order chi connectivity index (χ1) is 17.0. The second-order valence-corrected chi connectivity index (χ2v) is 7.94. The number of hydrogen-bond donors (Lipinski definition) is 1. The van der Waals surface area contributed by atoms with Crippen LogP contribution in [0, 0.1) is 15.9 Å². The van der Waals surface area contributed by atoms with Crippen LogP contribution in [0.5, 0.6) is 5.75 Å². The van der Waals surface area contributed by atoms with Crippen LogP contribution in [0.2, 0.25) is 0 Å². The van der Waals surface area contributed by atoms with Crippen LogP contribution in [-0.2, 0) is 6.54 Å². The Hall–Kier alpha value is -4.73. The quantitative estimate of drug-likeness (QED) is 0.320. The van der Waals surface area contributed by atoms with Gasteiger partial charge in [-0.15, -0.1) is 0 Å². The molecule has 0 spiro atoms. The van der Waals surface area contributed by atoms with E-state index in [4.69, 9.17) is 4.74 Å². The number of aromatic nitrogens is 2. The van der Waals surface area contributed by atoms with Gasteiger partial charge in [0.2, 0.25) is 0 Å². The van der Waals surface area contributed by atoms with E-state index in [9.17, 15) is 19.3 Å². The highest BCUT2D eigenvalue weighted by Crippen LogP contribution is 2.38. The molecule has 1 aliphatic heterocycles. The van der Waals surface area contributed by atoms with Crippen molar-refractivity contribution in [1.29, 1.82) is 0 Å². The number of rotatable bonds is 6. The Kier molecular flexibility index (Phi) is 5.61. The molecule has 10 heteroatoms. The zero-order valence-electron chi connectivity index (χ0n) is 18.6. The van der Waals surface area contributed by atoms with E-state index in [1.54, 1.807) is 48.5 Å². The van der Waals surface area contributed by atoms with Crippen LogP contribution < -0.4 is 15.0 Å². The number of nitro groups is 1. The Morgan fingerprint density at radius 1 is 1.14 bits per heavy atom. The van der Waals surface area contributed by atoms with Gasteiger partial charge in [0.1, 0.15) is 30.1 Å². The molecular formula is C25H20FN5O4.